The molecule has 0 atom stereocenters. The van der Waals surface area contributed by atoms with Gasteiger partial charge < -0.3 is 4.74 Å². The summed E-state index contributed by atoms with van der Waals surface area (Å²) in [6.07, 6.45) is 4.91. The van der Waals surface area contributed by atoms with Gasteiger partial charge in [-0.1, -0.05) is 54.6 Å². The van der Waals surface area contributed by atoms with E-state index in [1.54, 1.807) is 31.4 Å². The standard InChI is InChI=1S/C21H18N2O3S/c1-26-19-13-10-17(11-14-19)12-15-20(18-7-3-2-4-8-18)23-27(24,25)21-9-5-6-16-22-21/h2-16H,1H3/b15-12+,23-20+. The van der Waals surface area contributed by atoms with Gasteiger partial charge in [0.25, 0.3) is 10.0 Å². The molecule has 27 heavy (non-hydrogen) atoms. The summed E-state index contributed by atoms with van der Waals surface area (Å²) in [5.74, 6) is 0.752. The lowest BCUT2D eigenvalue weighted by atomic mass is 10.1. The largest absolute Gasteiger partial charge is 0.497 e. The molecule has 3 rings (SSSR count). The van der Waals surface area contributed by atoms with Crippen molar-refractivity contribution in [1.82, 2.24) is 4.98 Å². The van der Waals surface area contributed by atoms with Crippen molar-refractivity contribution in [3.8, 4) is 5.75 Å². The Hall–Kier alpha value is -3.25. The lowest BCUT2D eigenvalue weighted by Gasteiger charge is -2.04. The lowest BCUT2D eigenvalue weighted by Crippen LogP contribution is -2.05. The third kappa shape index (κ3) is 4.89. The number of ether oxygens (including phenoxy) is 1. The Morgan fingerprint density at radius 2 is 1.67 bits per heavy atom. The Bertz CT molecular complexity index is 1040. The molecule has 5 nitrogen and oxygen atoms in total. The van der Waals surface area contributed by atoms with Crippen molar-refractivity contribution in [3.05, 3.63) is 96.2 Å². The van der Waals surface area contributed by atoms with E-state index in [1.807, 2.05) is 54.6 Å². The highest BCUT2D eigenvalue weighted by atomic mass is 32.2. The van der Waals surface area contributed by atoms with Crippen molar-refractivity contribution in [2.45, 2.75) is 5.03 Å². The van der Waals surface area contributed by atoms with Crippen LogP contribution < -0.4 is 4.74 Å². The first-order chi connectivity index (χ1) is 13.1. The zero-order chi connectivity index (χ0) is 19.1. The fourth-order valence-corrected chi connectivity index (χ4v) is 3.32. The van der Waals surface area contributed by atoms with E-state index in [0.29, 0.717) is 11.3 Å². The Kier molecular flexibility index (Phi) is 5.78. The monoisotopic (exact) mass is 378 g/mol. The molecule has 0 aliphatic heterocycles. The molecular weight excluding hydrogens is 360 g/mol. The molecule has 2 aromatic carbocycles. The van der Waals surface area contributed by atoms with Crippen LogP contribution in [0.4, 0.5) is 0 Å². The van der Waals surface area contributed by atoms with Gasteiger partial charge in [0.2, 0.25) is 0 Å². The summed E-state index contributed by atoms with van der Waals surface area (Å²) in [7, 11) is -2.31. The molecule has 1 aromatic heterocycles. The maximum Gasteiger partial charge on any atom is 0.300 e. The number of methoxy groups -OCH3 is 1. The van der Waals surface area contributed by atoms with Crippen LogP contribution in [0.5, 0.6) is 5.75 Å². The van der Waals surface area contributed by atoms with Gasteiger partial charge in [0.05, 0.1) is 12.8 Å². The number of pyridine rings is 1. The normalized spacial score (nSPS) is 12.3. The van der Waals surface area contributed by atoms with Gasteiger partial charge in [-0.05, 0) is 35.9 Å². The van der Waals surface area contributed by atoms with Crippen LogP contribution in [0, 0.1) is 0 Å². The van der Waals surface area contributed by atoms with Crippen LogP contribution in [-0.2, 0) is 10.0 Å². The van der Waals surface area contributed by atoms with Crippen molar-refractivity contribution >= 4 is 21.8 Å². The van der Waals surface area contributed by atoms with Crippen molar-refractivity contribution in [2.75, 3.05) is 7.11 Å². The second-order valence-electron chi connectivity index (χ2n) is 5.59. The van der Waals surface area contributed by atoms with Gasteiger partial charge in [-0.25, -0.2) is 4.98 Å². The number of rotatable bonds is 6. The van der Waals surface area contributed by atoms with Crippen LogP contribution in [0.25, 0.3) is 6.08 Å². The average molecular weight is 378 g/mol. The van der Waals surface area contributed by atoms with Gasteiger partial charge in [0, 0.05) is 11.8 Å². The first-order valence-electron chi connectivity index (χ1n) is 8.22. The SMILES string of the molecule is COc1ccc(/C=C/C(=N\S(=O)(=O)c2ccccn2)c2ccccc2)cc1. The molecular formula is C21H18N2O3S. The lowest BCUT2D eigenvalue weighted by molar-refractivity contribution is 0.415. The zero-order valence-electron chi connectivity index (χ0n) is 14.7. The second kappa shape index (κ2) is 8.42. The minimum atomic E-state index is -3.92. The van der Waals surface area contributed by atoms with Crippen LogP contribution in [-0.4, -0.2) is 26.2 Å². The van der Waals surface area contributed by atoms with E-state index in [2.05, 4.69) is 9.38 Å². The zero-order valence-corrected chi connectivity index (χ0v) is 15.5. The van der Waals surface area contributed by atoms with Crippen LogP contribution >= 0.6 is 0 Å². The highest BCUT2D eigenvalue weighted by Gasteiger charge is 2.15. The maximum absolute atomic E-state index is 12.6. The number of allylic oxidation sites excluding steroid dienone is 1. The Morgan fingerprint density at radius 3 is 2.30 bits per heavy atom. The van der Waals surface area contributed by atoms with E-state index < -0.39 is 10.0 Å². The number of benzene rings is 2. The number of sulfonamides is 1. The summed E-state index contributed by atoms with van der Waals surface area (Å²) in [5.41, 5.74) is 1.92. The highest BCUT2D eigenvalue weighted by Crippen LogP contribution is 2.15. The molecule has 0 saturated carbocycles. The number of nitrogens with zero attached hydrogens (tertiary/aromatic N) is 2. The van der Waals surface area contributed by atoms with Crippen molar-refractivity contribution in [2.24, 2.45) is 4.40 Å². The fraction of sp³-hybridized carbons (Fsp3) is 0.0476. The van der Waals surface area contributed by atoms with Crippen LogP contribution in [0.1, 0.15) is 11.1 Å². The van der Waals surface area contributed by atoms with Crippen molar-refractivity contribution in [1.29, 1.82) is 0 Å². The van der Waals surface area contributed by atoms with Crippen LogP contribution in [0.2, 0.25) is 0 Å². The molecule has 0 saturated heterocycles. The number of hydrogen-bond donors (Lipinski definition) is 0. The summed E-state index contributed by atoms with van der Waals surface area (Å²) in [5, 5.41) is -0.0868. The maximum atomic E-state index is 12.6. The minimum absolute atomic E-state index is 0.0868. The molecule has 0 fully saturated rings. The van der Waals surface area contributed by atoms with Gasteiger partial charge in [-0.2, -0.15) is 12.8 Å². The summed E-state index contributed by atoms with van der Waals surface area (Å²) in [6, 6.07) is 21.3. The highest BCUT2D eigenvalue weighted by molar-refractivity contribution is 7.90. The molecule has 6 heteroatoms. The third-order valence-electron chi connectivity index (χ3n) is 3.74. The molecule has 0 bridgehead atoms. The molecule has 0 aliphatic rings. The van der Waals surface area contributed by atoms with E-state index >= 15 is 0 Å². The first kappa shape index (κ1) is 18.5. The van der Waals surface area contributed by atoms with E-state index in [-0.39, 0.29) is 5.03 Å². The average Bonchev–Trinajstić information content (AvgIpc) is 2.73. The molecule has 136 valence electrons. The van der Waals surface area contributed by atoms with Gasteiger partial charge in [-0.3, -0.25) is 0 Å². The summed E-state index contributed by atoms with van der Waals surface area (Å²) in [4.78, 5) is 3.90. The van der Waals surface area contributed by atoms with E-state index in [0.717, 1.165) is 11.3 Å². The molecule has 0 amide bonds. The van der Waals surface area contributed by atoms with Crippen molar-refractivity contribution < 1.29 is 13.2 Å². The van der Waals surface area contributed by atoms with E-state index in [1.165, 1.54) is 12.3 Å². The molecule has 1 heterocycles. The molecule has 3 aromatic rings. The summed E-state index contributed by atoms with van der Waals surface area (Å²) in [6.45, 7) is 0. The number of aromatic nitrogens is 1. The van der Waals surface area contributed by atoms with Crippen LogP contribution in [0.3, 0.4) is 0 Å². The number of hydrogen-bond acceptors (Lipinski definition) is 4. The molecule has 0 aliphatic carbocycles. The van der Waals surface area contributed by atoms with Gasteiger partial charge in [0.15, 0.2) is 5.03 Å². The summed E-state index contributed by atoms with van der Waals surface area (Å²) >= 11 is 0. The second-order valence-corrected chi connectivity index (χ2v) is 7.14. The quantitative estimate of drug-likeness (QED) is 0.609. The van der Waals surface area contributed by atoms with Gasteiger partial charge in [0.1, 0.15) is 5.75 Å². The van der Waals surface area contributed by atoms with E-state index in [9.17, 15) is 8.42 Å². The predicted octanol–water partition coefficient (Wildman–Crippen LogP) is 3.98. The Labute approximate surface area is 158 Å². The Morgan fingerprint density at radius 1 is 0.963 bits per heavy atom. The third-order valence-corrected chi connectivity index (χ3v) is 4.95. The van der Waals surface area contributed by atoms with Crippen LogP contribution in [0.15, 0.2) is 94.5 Å². The van der Waals surface area contributed by atoms with Crippen molar-refractivity contribution in [3.63, 3.8) is 0 Å². The topological polar surface area (TPSA) is 68.6 Å². The molecule has 0 radical (unpaired) electrons. The first-order valence-corrected chi connectivity index (χ1v) is 9.66. The predicted molar refractivity (Wildman–Crippen MR) is 106 cm³/mol. The van der Waals surface area contributed by atoms with Gasteiger partial charge in [-0.15, -0.1) is 0 Å². The molecule has 0 spiro atoms. The van der Waals surface area contributed by atoms with E-state index in [4.69, 9.17) is 4.74 Å². The fourth-order valence-electron chi connectivity index (χ4n) is 2.35. The molecule has 0 N–H and O–H groups in total. The van der Waals surface area contributed by atoms with Gasteiger partial charge >= 0.3 is 0 Å². The molecule has 0 unspecified atom stereocenters. The minimum Gasteiger partial charge on any atom is -0.497 e. The smallest absolute Gasteiger partial charge is 0.300 e. The summed E-state index contributed by atoms with van der Waals surface area (Å²) < 4.78 is 34.4. The Balaban J connectivity index is 2.00.